The molecule has 0 aliphatic heterocycles. The van der Waals surface area contributed by atoms with Crippen LogP contribution in [-0.4, -0.2) is 6.29 Å². The Kier molecular flexibility index (Phi) is 2.84. The van der Waals surface area contributed by atoms with Crippen LogP contribution in [0.4, 0.5) is 0 Å². The lowest BCUT2D eigenvalue weighted by Gasteiger charge is -2.11. The van der Waals surface area contributed by atoms with Gasteiger partial charge in [0.25, 0.3) is 0 Å². The molecule has 3 heteroatoms. The quantitative estimate of drug-likeness (QED) is 0.600. The Morgan fingerprint density at radius 2 is 1.73 bits per heavy atom. The van der Waals surface area contributed by atoms with Gasteiger partial charge in [0, 0.05) is 0 Å². The maximum absolute atomic E-state index is 10.5. The number of aldehydes is 1. The first-order valence-electron chi connectivity index (χ1n) is 3.06. The van der Waals surface area contributed by atoms with Gasteiger partial charge in [0.1, 0.15) is 0 Å². The average Bonchev–Trinajstić information content (AvgIpc) is 2.06. The van der Waals surface area contributed by atoms with E-state index >= 15 is 0 Å². The summed E-state index contributed by atoms with van der Waals surface area (Å²) in [6.45, 7) is 0. The van der Waals surface area contributed by atoms with Gasteiger partial charge in [-0.15, -0.1) is 0 Å². The minimum absolute atomic E-state index is 0.721. The highest BCUT2D eigenvalue weighted by Gasteiger charge is 2.23. The van der Waals surface area contributed by atoms with Crippen LogP contribution in [0.25, 0.3) is 0 Å². The van der Waals surface area contributed by atoms with Crippen LogP contribution in [0.5, 0.6) is 0 Å². The zero-order valence-corrected chi connectivity index (χ0v) is 8.80. The summed E-state index contributed by atoms with van der Waals surface area (Å²) >= 11 is 6.48. The van der Waals surface area contributed by atoms with Crippen LogP contribution in [0, 0.1) is 0 Å². The first kappa shape index (κ1) is 8.94. The summed E-state index contributed by atoms with van der Waals surface area (Å²) in [5, 5.41) is 0. The molecule has 0 aliphatic rings. The monoisotopic (exact) mass is 276 g/mol. The van der Waals surface area contributed by atoms with Crippen LogP contribution in [0.3, 0.4) is 0 Å². The molecule has 0 saturated carbocycles. The molecule has 1 aromatic rings. The minimum atomic E-state index is -0.721. The predicted molar refractivity (Wildman–Crippen MR) is 52.0 cm³/mol. The van der Waals surface area contributed by atoms with E-state index in [9.17, 15) is 4.79 Å². The SMILES string of the molecule is O=CC(Br)(Br)c1ccccc1. The molecule has 0 fully saturated rings. The van der Waals surface area contributed by atoms with Gasteiger partial charge in [0.05, 0.1) is 0 Å². The molecule has 1 aromatic carbocycles. The summed E-state index contributed by atoms with van der Waals surface area (Å²) in [4.78, 5) is 10.5. The van der Waals surface area contributed by atoms with Crippen LogP contribution in [0.15, 0.2) is 30.3 Å². The number of benzene rings is 1. The third kappa shape index (κ3) is 2.14. The van der Waals surface area contributed by atoms with E-state index in [0.717, 1.165) is 11.8 Å². The molecule has 0 N–H and O–H groups in total. The van der Waals surface area contributed by atoms with E-state index in [-0.39, 0.29) is 0 Å². The smallest absolute Gasteiger partial charge is 0.160 e. The van der Waals surface area contributed by atoms with Gasteiger partial charge < -0.3 is 4.79 Å². The Labute approximate surface area is 82.1 Å². The summed E-state index contributed by atoms with van der Waals surface area (Å²) < 4.78 is -0.721. The summed E-state index contributed by atoms with van der Waals surface area (Å²) in [6.07, 6.45) is 0.808. The topological polar surface area (TPSA) is 17.1 Å². The van der Waals surface area contributed by atoms with Crippen LogP contribution >= 0.6 is 31.9 Å². The Balaban J connectivity index is 3.02. The number of carbonyl (C=O) groups is 1. The highest BCUT2D eigenvalue weighted by atomic mass is 79.9. The number of halogens is 2. The van der Waals surface area contributed by atoms with Crippen molar-refractivity contribution < 1.29 is 4.79 Å². The zero-order valence-electron chi connectivity index (χ0n) is 5.63. The molecule has 1 nitrogen and oxygen atoms in total. The number of carbonyl (C=O) groups excluding carboxylic acids is 1. The average molecular weight is 278 g/mol. The van der Waals surface area contributed by atoms with Gasteiger partial charge in [-0.1, -0.05) is 62.2 Å². The molecule has 0 unspecified atom stereocenters. The zero-order chi connectivity index (χ0) is 8.32. The fourth-order valence-corrected chi connectivity index (χ4v) is 1.26. The van der Waals surface area contributed by atoms with E-state index in [0.29, 0.717) is 0 Å². The number of rotatable bonds is 2. The molecule has 58 valence electrons. The van der Waals surface area contributed by atoms with Gasteiger partial charge in [-0.25, -0.2) is 0 Å². The van der Waals surface area contributed by atoms with Crippen LogP contribution in [0.2, 0.25) is 0 Å². The summed E-state index contributed by atoms with van der Waals surface area (Å²) in [5.74, 6) is 0. The van der Waals surface area contributed by atoms with E-state index in [4.69, 9.17) is 0 Å². The van der Waals surface area contributed by atoms with Gasteiger partial charge in [-0.3, -0.25) is 0 Å². The van der Waals surface area contributed by atoms with Crippen LogP contribution in [0.1, 0.15) is 5.56 Å². The molecule has 0 aliphatic carbocycles. The van der Waals surface area contributed by atoms with Crippen LogP contribution in [-0.2, 0) is 8.03 Å². The molecule has 0 saturated heterocycles. The molecule has 11 heavy (non-hydrogen) atoms. The van der Waals surface area contributed by atoms with Crippen molar-refractivity contribution in [1.82, 2.24) is 0 Å². The second kappa shape index (κ2) is 3.50. The summed E-state index contributed by atoms with van der Waals surface area (Å²) in [7, 11) is 0. The second-order valence-electron chi connectivity index (χ2n) is 2.11. The molecule has 1 rings (SSSR count). The van der Waals surface area contributed by atoms with E-state index in [2.05, 4.69) is 31.9 Å². The largest absolute Gasteiger partial charge is 0.300 e. The van der Waals surface area contributed by atoms with Gasteiger partial charge in [-0.2, -0.15) is 0 Å². The maximum atomic E-state index is 10.5. The van der Waals surface area contributed by atoms with Crippen molar-refractivity contribution in [3.8, 4) is 0 Å². The van der Waals surface area contributed by atoms with Gasteiger partial charge in [0.2, 0.25) is 0 Å². The van der Waals surface area contributed by atoms with Crippen molar-refractivity contribution in [2.24, 2.45) is 0 Å². The summed E-state index contributed by atoms with van der Waals surface area (Å²) in [5.41, 5.74) is 0.898. The van der Waals surface area contributed by atoms with Crippen molar-refractivity contribution in [3.05, 3.63) is 35.9 Å². The van der Waals surface area contributed by atoms with E-state index in [1.165, 1.54) is 0 Å². The van der Waals surface area contributed by atoms with Crippen molar-refractivity contribution in [2.75, 3.05) is 0 Å². The third-order valence-corrected chi connectivity index (χ3v) is 2.60. The molecule has 0 amide bonds. The van der Waals surface area contributed by atoms with E-state index < -0.39 is 3.23 Å². The number of hydrogen-bond donors (Lipinski definition) is 0. The number of alkyl halides is 2. The maximum Gasteiger partial charge on any atom is 0.160 e. The fraction of sp³-hybridized carbons (Fsp3) is 0.125. The molecule has 0 heterocycles. The molecular formula is C8H6Br2O. The normalized spacial score (nSPS) is 11.1. The highest BCUT2D eigenvalue weighted by Crippen LogP contribution is 2.35. The lowest BCUT2D eigenvalue weighted by Crippen LogP contribution is -2.09. The molecule has 0 radical (unpaired) electrons. The highest BCUT2D eigenvalue weighted by molar-refractivity contribution is 9.25. The van der Waals surface area contributed by atoms with Crippen molar-refractivity contribution in [1.29, 1.82) is 0 Å². The Morgan fingerprint density at radius 1 is 1.18 bits per heavy atom. The standard InChI is InChI=1S/C8H6Br2O/c9-8(10,6-11)7-4-2-1-3-5-7/h1-6H. The molecule has 0 aromatic heterocycles. The van der Waals surface area contributed by atoms with Crippen molar-refractivity contribution >= 4 is 38.1 Å². The Bertz CT molecular complexity index is 244. The van der Waals surface area contributed by atoms with Gasteiger partial charge in [0.15, 0.2) is 9.52 Å². The minimum Gasteiger partial charge on any atom is -0.300 e. The molecule has 0 atom stereocenters. The van der Waals surface area contributed by atoms with Gasteiger partial charge in [-0.05, 0) is 5.56 Å². The first-order chi connectivity index (χ1) is 5.17. The molecule has 0 bridgehead atoms. The lowest BCUT2D eigenvalue weighted by atomic mass is 10.2. The van der Waals surface area contributed by atoms with E-state index in [1.807, 2.05) is 30.3 Å². The first-order valence-corrected chi connectivity index (χ1v) is 4.65. The predicted octanol–water partition coefficient (Wildman–Crippen LogP) is 2.83. The Morgan fingerprint density at radius 3 is 2.18 bits per heavy atom. The number of hydrogen-bond acceptors (Lipinski definition) is 1. The van der Waals surface area contributed by atoms with Crippen molar-refractivity contribution in [3.63, 3.8) is 0 Å². The van der Waals surface area contributed by atoms with E-state index in [1.54, 1.807) is 0 Å². The molecular weight excluding hydrogens is 272 g/mol. The fourth-order valence-electron chi connectivity index (χ4n) is 0.728. The second-order valence-corrected chi connectivity index (χ2v) is 5.67. The van der Waals surface area contributed by atoms with Crippen molar-refractivity contribution in [2.45, 2.75) is 3.23 Å². The van der Waals surface area contributed by atoms with Crippen LogP contribution < -0.4 is 0 Å². The molecule has 0 spiro atoms. The van der Waals surface area contributed by atoms with Gasteiger partial charge >= 0.3 is 0 Å². The Hall–Kier alpha value is -0.150. The summed E-state index contributed by atoms with van der Waals surface area (Å²) in [6, 6.07) is 9.42. The third-order valence-electron chi connectivity index (χ3n) is 1.31. The lowest BCUT2D eigenvalue weighted by molar-refractivity contribution is -0.107.